The third kappa shape index (κ3) is 2.92. The number of nitrogens with zero attached hydrogens (tertiary/aromatic N) is 1. The van der Waals surface area contributed by atoms with Crippen molar-refractivity contribution >= 4 is 28.7 Å². The van der Waals surface area contributed by atoms with E-state index in [4.69, 9.17) is 14.2 Å². The Morgan fingerprint density at radius 3 is 2.56 bits per heavy atom. The highest BCUT2D eigenvalue weighted by Crippen LogP contribution is 2.30. The van der Waals surface area contributed by atoms with Gasteiger partial charge in [0, 0.05) is 0 Å². The molecule has 10 heteroatoms. The summed E-state index contributed by atoms with van der Waals surface area (Å²) in [5.74, 6) is 0. The van der Waals surface area contributed by atoms with Gasteiger partial charge in [-0.25, -0.2) is 4.79 Å². The van der Waals surface area contributed by atoms with Crippen molar-refractivity contribution in [3.05, 3.63) is 10.1 Å². The van der Waals surface area contributed by atoms with Crippen molar-refractivity contribution in [1.29, 1.82) is 0 Å². The van der Waals surface area contributed by atoms with Crippen LogP contribution in [0.2, 0.25) is 0 Å². The fourth-order valence-electron chi connectivity index (χ4n) is 1.93. The Bertz CT molecular complexity index is 339. The van der Waals surface area contributed by atoms with Crippen LogP contribution < -0.4 is 0 Å². The van der Waals surface area contributed by atoms with Gasteiger partial charge < -0.3 is 23.8 Å². The second-order valence-electron chi connectivity index (χ2n) is 3.62. The van der Waals surface area contributed by atoms with Crippen molar-refractivity contribution in [2.75, 3.05) is 17.8 Å². The Labute approximate surface area is 115 Å². The Balaban J connectivity index is 1.88. The molecule has 0 radical (unpaired) electrons. The highest BCUT2D eigenvalue weighted by Gasteiger charge is 2.51. The molecule has 2 rings (SSSR count). The third-order valence-corrected chi connectivity index (χ3v) is 2.92. The second-order valence-corrected chi connectivity index (χ2v) is 4.25. The zero-order valence-electron chi connectivity index (χ0n) is 9.02. The quantitative estimate of drug-likeness (QED) is 0.227. The van der Waals surface area contributed by atoms with Crippen molar-refractivity contribution in [2.24, 2.45) is 0 Å². The first kappa shape index (κ1) is 13.5. The summed E-state index contributed by atoms with van der Waals surface area (Å²) in [4.78, 5) is 25.8. The summed E-state index contributed by atoms with van der Waals surface area (Å²) in [5, 5.41) is 9.36. The maximum atomic E-state index is 11.1. The van der Waals surface area contributed by atoms with Gasteiger partial charge in [-0.3, -0.25) is 0 Å². The molecule has 18 heavy (non-hydrogen) atoms. The molecule has 0 saturated carbocycles. The molecule has 4 atom stereocenters. The van der Waals surface area contributed by atoms with E-state index >= 15 is 0 Å². The van der Waals surface area contributed by atoms with Crippen LogP contribution >= 0.6 is 22.6 Å². The van der Waals surface area contributed by atoms with E-state index in [1.165, 1.54) is 0 Å². The van der Waals surface area contributed by atoms with Crippen molar-refractivity contribution in [3.8, 4) is 0 Å². The van der Waals surface area contributed by atoms with E-state index in [9.17, 15) is 14.9 Å². The lowest BCUT2D eigenvalue weighted by atomic mass is 10.1. The standard InChI is InChI=1S/C8H10INO8/c9-3-16-8(11)17-4-1-14-7-5(18-10(12)13)2-15-6(4)7/h4-7H,1-3H2/t4-,5+,6+,7+/m0/s1. The lowest BCUT2D eigenvalue weighted by Crippen LogP contribution is -2.35. The van der Waals surface area contributed by atoms with E-state index in [1.54, 1.807) is 0 Å². The van der Waals surface area contributed by atoms with E-state index in [-0.39, 0.29) is 17.8 Å². The molecule has 9 nitrogen and oxygen atoms in total. The molecule has 0 aromatic heterocycles. The lowest BCUT2D eigenvalue weighted by Gasteiger charge is -2.15. The molecule has 2 heterocycles. The number of ether oxygens (including phenoxy) is 4. The average Bonchev–Trinajstić information content (AvgIpc) is 2.83. The van der Waals surface area contributed by atoms with Crippen LogP contribution in [0.25, 0.3) is 0 Å². The molecule has 0 bridgehead atoms. The maximum Gasteiger partial charge on any atom is 0.509 e. The van der Waals surface area contributed by atoms with Crippen molar-refractivity contribution < 1.29 is 33.7 Å². The number of carbonyl (C=O) groups excluding carboxylic acids is 1. The van der Waals surface area contributed by atoms with Gasteiger partial charge in [0.2, 0.25) is 0 Å². The molecule has 0 N–H and O–H groups in total. The molecule has 0 unspecified atom stereocenters. The fourth-order valence-corrected chi connectivity index (χ4v) is 2.19. The van der Waals surface area contributed by atoms with Gasteiger partial charge in [-0.1, -0.05) is 0 Å². The monoisotopic (exact) mass is 375 g/mol. The predicted octanol–water partition coefficient (Wildman–Crippen LogP) is 0.275. The number of hydrogen-bond acceptors (Lipinski definition) is 8. The first-order valence-corrected chi connectivity index (χ1v) is 6.58. The summed E-state index contributed by atoms with van der Waals surface area (Å²) in [6.07, 6.45) is -3.41. The van der Waals surface area contributed by atoms with Gasteiger partial charge in [0.1, 0.15) is 16.8 Å². The molecule has 2 saturated heterocycles. The Kier molecular flexibility index (Phi) is 4.40. The van der Waals surface area contributed by atoms with Crippen LogP contribution in [0.3, 0.4) is 0 Å². The Morgan fingerprint density at radius 1 is 1.33 bits per heavy atom. The smallest absolute Gasteiger partial charge is 0.426 e. The molecule has 2 aliphatic rings. The molecule has 2 aliphatic heterocycles. The highest BCUT2D eigenvalue weighted by molar-refractivity contribution is 14.1. The van der Waals surface area contributed by atoms with E-state index in [0.717, 1.165) is 0 Å². The van der Waals surface area contributed by atoms with Gasteiger partial charge in [0.25, 0.3) is 5.09 Å². The van der Waals surface area contributed by atoms with Gasteiger partial charge in [-0.2, -0.15) is 0 Å². The first-order valence-electron chi connectivity index (χ1n) is 5.05. The van der Waals surface area contributed by atoms with Gasteiger partial charge >= 0.3 is 6.16 Å². The zero-order valence-corrected chi connectivity index (χ0v) is 11.2. The second kappa shape index (κ2) is 5.84. The molecule has 0 aliphatic carbocycles. The number of rotatable bonds is 4. The highest BCUT2D eigenvalue weighted by atomic mass is 127. The minimum Gasteiger partial charge on any atom is -0.426 e. The maximum absolute atomic E-state index is 11.1. The van der Waals surface area contributed by atoms with Crippen molar-refractivity contribution in [3.63, 3.8) is 0 Å². The zero-order chi connectivity index (χ0) is 13.1. The summed E-state index contributed by atoms with van der Waals surface area (Å²) >= 11 is 1.86. The summed E-state index contributed by atoms with van der Waals surface area (Å²) in [5.41, 5.74) is 0. The molecule has 0 aromatic carbocycles. The SMILES string of the molecule is O=C(OCI)O[C@H]1CO[C@H]2[C@@H]1OC[C@H]2O[N+](=O)[O-]. The summed E-state index contributed by atoms with van der Waals surface area (Å²) in [7, 11) is 0. The minimum atomic E-state index is -0.891. The van der Waals surface area contributed by atoms with Crippen LogP contribution in [-0.2, 0) is 23.8 Å². The fraction of sp³-hybridized carbons (Fsp3) is 0.875. The van der Waals surface area contributed by atoms with Gasteiger partial charge in [0.05, 0.1) is 13.2 Å². The lowest BCUT2D eigenvalue weighted by molar-refractivity contribution is -0.769. The van der Waals surface area contributed by atoms with Crippen LogP contribution in [0, 0.1) is 10.1 Å². The molecule has 2 fully saturated rings. The summed E-state index contributed by atoms with van der Waals surface area (Å²) in [6, 6.07) is 0. The number of halogens is 1. The van der Waals surface area contributed by atoms with E-state index in [1.807, 2.05) is 22.6 Å². The summed E-state index contributed by atoms with van der Waals surface area (Å²) in [6.45, 7) is 0.126. The van der Waals surface area contributed by atoms with Crippen LogP contribution in [0.5, 0.6) is 0 Å². The number of hydrogen-bond donors (Lipinski definition) is 0. The molecule has 0 spiro atoms. The van der Waals surface area contributed by atoms with Gasteiger partial charge in [0.15, 0.2) is 12.2 Å². The van der Waals surface area contributed by atoms with Crippen LogP contribution in [0.15, 0.2) is 0 Å². The molecule has 0 amide bonds. The molecule has 0 aromatic rings. The third-order valence-electron chi connectivity index (χ3n) is 2.60. The molecule has 102 valence electrons. The van der Waals surface area contributed by atoms with E-state index < -0.39 is 35.7 Å². The van der Waals surface area contributed by atoms with Crippen LogP contribution in [-0.4, -0.2) is 53.5 Å². The molecular formula is C8H10INO8. The van der Waals surface area contributed by atoms with Gasteiger partial charge in [-0.05, 0) is 22.6 Å². The van der Waals surface area contributed by atoms with E-state index in [2.05, 4.69) is 9.57 Å². The summed E-state index contributed by atoms with van der Waals surface area (Å²) < 4.78 is 20.4. The minimum absolute atomic E-state index is 0.0253. The number of fused-ring (bicyclic) bond motifs is 1. The largest absolute Gasteiger partial charge is 0.509 e. The predicted molar refractivity (Wildman–Crippen MR) is 61.6 cm³/mol. The normalized spacial score (nSPS) is 33.8. The Hall–Kier alpha value is -0.880. The Morgan fingerprint density at radius 2 is 1.94 bits per heavy atom. The topological polar surface area (TPSA) is 106 Å². The van der Waals surface area contributed by atoms with Crippen molar-refractivity contribution in [2.45, 2.75) is 24.4 Å². The number of carbonyl (C=O) groups is 1. The van der Waals surface area contributed by atoms with Crippen molar-refractivity contribution in [1.82, 2.24) is 0 Å². The number of alkyl halides is 1. The average molecular weight is 375 g/mol. The van der Waals surface area contributed by atoms with Crippen LogP contribution in [0.1, 0.15) is 0 Å². The van der Waals surface area contributed by atoms with Crippen LogP contribution in [0.4, 0.5) is 4.79 Å². The van der Waals surface area contributed by atoms with E-state index in [0.29, 0.717) is 0 Å². The molecular weight excluding hydrogens is 365 g/mol. The van der Waals surface area contributed by atoms with Gasteiger partial charge in [-0.15, -0.1) is 10.1 Å². The first-order chi connectivity index (χ1) is 8.61.